The van der Waals surface area contributed by atoms with Crippen LogP contribution in [0.3, 0.4) is 0 Å². The summed E-state index contributed by atoms with van der Waals surface area (Å²) in [5.41, 5.74) is 5.43. The van der Waals surface area contributed by atoms with Crippen LogP contribution in [0.5, 0.6) is 0 Å². The number of amides is 2. The maximum absolute atomic E-state index is 12.7. The van der Waals surface area contributed by atoms with Crippen molar-refractivity contribution >= 4 is 23.7 Å². The zero-order chi connectivity index (χ0) is 18.7. The first kappa shape index (κ1) is 17.9. The first-order valence-electron chi connectivity index (χ1n) is 8.77. The van der Waals surface area contributed by atoms with Gasteiger partial charge in [-0.2, -0.15) is 0 Å². The number of carbonyl (C=O) groups is 2. The SMILES string of the molecule is Cc1cc(C)c(NC(=O)c2cc(N3CCN(C=O)CC3)ccn2)c(C)c1. The lowest BCUT2D eigenvalue weighted by Crippen LogP contribution is -2.45. The molecule has 2 aromatic rings. The van der Waals surface area contributed by atoms with Crippen molar-refractivity contribution in [2.45, 2.75) is 20.8 Å². The van der Waals surface area contributed by atoms with E-state index in [2.05, 4.69) is 27.3 Å². The van der Waals surface area contributed by atoms with Gasteiger partial charge in [-0.1, -0.05) is 17.7 Å². The van der Waals surface area contributed by atoms with Crippen LogP contribution in [0.2, 0.25) is 0 Å². The molecule has 3 rings (SSSR count). The number of pyridine rings is 1. The van der Waals surface area contributed by atoms with E-state index in [0.717, 1.165) is 42.0 Å². The maximum Gasteiger partial charge on any atom is 0.274 e. The Hall–Kier alpha value is -2.89. The first-order valence-corrected chi connectivity index (χ1v) is 8.77. The second kappa shape index (κ2) is 7.56. The summed E-state index contributed by atoms with van der Waals surface area (Å²) in [6, 6.07) is 7.82. The van der Waals surface area contributed by atoms with E-state index in [1.54, 1.807) is 11.1 Å². The van der Waals surface area contributed by atoms with Crippen molar-refractivity contribution in [1.82, 2.24) is 9.88 Å². The van der Waals surface area contributed by atoms with Gasteiger partial charge in [0.25, 0.3) is 5.91 Å². The molecular weight excluding hydrogens is 328 g/mol. The average Bonchev–Trinajstić information content (AvgIpc) is 2.64. The van der Waals surface area contributed by atoms with Crippen LogP contribution >= 0.6 is 0 Å². The predicted molar refractivity (Wildman–Crippen MR) is 103 cm³/mol. The molecular formula is C20H24N4O2. The van der Waals surface area contributed by atoms with Gasteiger partial charge in [-0.25, -0.2) is 0 Å². The van der Waals surface area contributed by atoms with Crippen LogP contribution in [0.4, 0.5) is 11.4 Å². The summed E-state index contributed by atoms with van der Waals surface area (Å²) in [6.07, 6.45) is 2.54. The second-order valence-electron chi connectivity index (χ2n) is 6.76. The van der Waals surface area contributed by atoms with Crippen LogP contribution in [-0.2, 0) is 4.79 Å². The number of hydrogen-bond donors (Lipinski definition) is 1. The van der Waals surface area contributed by atoms with Crippen molar-refractivity contribution in [2.75, 3.05) is 36.4 Å². The molecule has 2 heterocycles. The Morgan fingerprint density at radius 3 is 2.35 bits per heavy atom. The Kier molecular flexibility index (Phi) is 5.21. The molecule has 0 spiro atoms. The van der Waals surface area contributed by atoms with Crippen LogP contribution in [0.15, 0.2) is 30.5 Å². The van der Waals surface area contributed by atoms with Crippen LogP contribution in [0.1, 0.15) is 27.2 Å². The van der Waals surface area contributed by atoms with Gasteiger partial charge in [0.1, 0.15) is 5.69 Å². The molecule has 26 heavy (non-hydrogen) atoms. The quantitative estimate of drug-likeness (QED) is 0.859. The van der Waals surface area contributed by atoms with E-state index in [1.807, 2.05) is 32.9 Å². The van der Waals surface area contributed by atoms with Crippen LogP contribution in [0.25, 0.3) is 0 Å². The molecule has 0 aliphatic carbocycles. The molecule has 1 aliphatic heterocycles. The van der Waals surface area contributed by atoms with E-state index in [0.29, 0.717) is 18.8 Å². The van der Waals surface area contributed by atoms with Gasteiger partial charge in [-0.3, -0.25) is 14.6 Å². The lowest BCUT2D eigenvalue weighted by Gasteiger charge is -2.34. The molecule has 136 valence electrons. The zero-order valence-corrected chi connectivity index (χ0v) is 15.5. The van der Waals surface area contributed by atoms with E-state index < -0.39 is 0 Å². The highest BCUT2D eigenvalue weighted by Crippen LogP contribution is 2.23. The minimum atomic E-state index is -0.214. The molecule has 1 aliphatic rings. The molecule has 2 amide bonds. The lowest BCUT2D eigenvalue weighted by molar-refractivity contribution is -0.118. The van der Waals surface area contributed by atoms with Crippen molar-refractivity contribution in [1.29, 1.82) is 0 Å². The highest BCUT2D eigenvalue weighted by Gasteiger charge is 2.18. The molecule has 1 fully saturated rings. The summed E-state index contributed by atoms with van der Waals surface area (Å²) in [5, 5.41) is 2.99. The van der Waals surface area contributed by atoms with E-state index in [1.165, 1.54) is 5.56 Å². The normalized spacial score (nSPS) is 14.3. The first-order chi connectivity index (χ1) is 12.5. The van der Waals surface area contributed by atoms with E-state index in [4.69, 9.17) is 0 Å². The fraction of sp³-hybridized carbons (Fsp3) is 0.350. The number of anilines is 2. The van der Waals surface area contributed by atoms with Crippen molar-refractivity contribution in [3.05, 3.63) is 52.8 Å². The van der Waals surface area contributed by atoms with Crippen LogP contribution in [-0.4, -0.2) is 48.4 Å². The van der Waals surface area contributed by atoms with Gasteiger partial charge >= 0.3 is 0 Å². The summed E-state index contributed by atoms with van der Waals surface area (Å²) >= 11 is 0. The topological polar surface area (TPSA) is 65.5 Å². The monoisotopic (exact) mass is 352 g/mol. The van der Waals surface area contributed by atoms with E-state index >= 15 is 0 Å². The molecule has 0 unspecified atom stereocenters. The molecule has 1 aromatic heterocycles. The van der Waals surface area contributed by atoms with E-state index in [9.17, 15) is 9.59 Å². The van der Waals surface area contributed by atoms with Gasteiger partial charge in [0.15, 0.2) is 0 Å². The fourth-order valence-corrected chi connectivity index (χ4v) is 3.38. The molecule has 0 atom stereocenters. The number of nitrogens with zero attached hydrogens (tertiary/aromatic N) is 3. The van der Waals surface area contributed by atoms with Crippen LogP contribution < -0.4 is 10.2 Å². The van der Waals surface area contributed by atoms with Crippen molar-refractivity contribution in [3.63, 3.8) is 0 Å². The summed E-state index contributed by atoms with van der Waals surface area (Å²) < 4.78 is 0. The van der Waals surface area contributed by atoms with Crippen molar-refractivity contribution < 1.29 is 9.59 Å². The number of aryl methyl sites for hydroxylation is 3. The van der Waals surface area contributed by atoms with Gasteiger partial charge in [0.2, 0.25) is 6.41 Å². The summed E-state index contributed by atoms with van der Waals surface area (Å²) in [4.78, 5) is 31.7. The van der Waals surface area contributed by atoms with Gasteiger partial charge < -0.3 is 15.1 Å². The smallest absolute Gasteiger partial charge is 0.274 e. The van der Waals surface area contributed by atoms with Gasteiger partial charge in [-0.05, 0) is 44.0 Å². The standard InChI is InChI=1S/C20H24N4O2/c1-14-10-15(2)19(16(3)11-14)22-20(26)18-12-17(4-5-21-18)24-8-6-23(13-25)7-9-24/h4-5,10-13H,6-9H2,1-3H3,(H,22,26). The molecule has 0 bridgehead atoms. The minimum Gasteiger partial charge on any atom is -0.368 e. The summed E-state index contributed by atoms with van der Waals surface area (Å²) in [7, 11) is 0. The molecule has 0 radical (unpaired) electrons. The Bertz CT molecular complexity index is 803. The average molecular weight is 352 g/mol. The third-order valence-electron chi connectivity index (χ3n) is 4.72. The fourth-order valence-electron chi connectivity index (χ4n) is 3.38. The molecule has 0 saturated carbocycles. The number of nitrogens with one attached hydrogen (secondary N) is 1. The van der Waals surface area contributed by atoms with Gasteiger partial charge in [-0.15, -0.1) is 0 Å². The number of benzene rings is 1. The summed E-state index contributed by atoms with van der Waals surface area (Å²) in [5.74, 6) is -0.214. The largest absolute Gasteiger partial charge is 0.368 e. The Labute approximate surface area is 153 Å². The predicted octanol–water partition coefficient (Wildman–Crippen LogP) is 2.54. The molecule has 1 aromatic carbocycles. The van der Waals surface area contributed by atoms with E-state index in [-0.39, 0.29) is 5.91 Å². The lowest BCUT2D eigenvalue weighted by atomic mass is 10.0. The van der Waals surface area contributed by atoms with Crippen molar-refractivity contribution in [3.8, 4) is 0 Å². The Morgan fingerprint density at radius 1 is 1.08 bits per heavy atom. The van der Waals surface area contributed by atoms with Gasteiger partial charge in [0, 0.05) is 43.8 Å². The third kappa shape index (κ3) is 3.85. The van der Waals surface area contributed by atoms with Crippen molar-refractivity contribution in [2.24, 2.45) is 0 Å². The molecule has 1 N–H and O–H groups in total. The van der Waals surface area contributed by atoms with Crippen LogP contribution in [0, 0.1) is 20.8 Å². The summed E-state index contributed by atoms with van der Waals surface area (Å²) in [6.45, 7) is 8.91. The zero-order valence-electron chi connectivity index (χ0n) is 15.5. The number of hydrogen-bond acceptors (Lipinski definition) is 4. The third-order valence-corrected chi connectivity index (χ3v) is 4.72. The Morgan fingerprint density at radius 2 is 1.73 bits per heavy atom. The number of piperazine rings is 1. The Balaban J connectivity index is 1.76. The highest BCUT2D eigenvalue weighted by molar-refractivity contribution is 6.04. The molecule has 1 saturated heterocycles. The number of carbonyl (C=O) groups excluding carboxylic acids is 2. The maximum atomic E-state index is 12.7. The minimum absolute atomic E-state index is 0.214. The highest BCUT2D eigenvalue weighted by atomic mass is 16.2. The van der Waals surface area contributed by atoms with Gasteiger partial charge in [0.05, 0.1) is 0 Å². The number of aromatic nitrogens is 1. The molecule has 6 nitrogen and oxygen atoms in total. The second-order valence-corrected chi connectivity index (χ2v) is 6.76. The number of rotatable bonds is 4. The molecule has 6 heteroatoms.